The summed E-state index contributed by atoms with van der Waals surface area (Å²) in [6, 6.07) is 14.8. The predicted molar refractivity (Wildman–Crippen MR) is 120 cm³/mol. The van der Waals surface area contributed by atoms with Crippen LogP contribution in [0, 0.1) is 18.3 Å². The van der Waals surface area contributed by atoms with Crippen LogP contribution in [-0.4, -0.2) is 42.4 Å². The lowest BCUT2D eigenvalue weighted by molar-refractivity contribution is 0.0698. The molecule has 158 valence electrons. The number of carboxylic acid groups (broad SMARTS) is 1. The van der Waals surface area contributed by atoms with Gasteiger partial charge in [-0.25, -0.2) is 9.78 Å². The van der Waals surface area contributed by atoms with Crippen molar-refractivity contribution < 1.29 is 14.6 Å². The number of carboxylic acids is 1. The molecule has 0 saturated carbocycles. The van der Waals surface area contributed by atoms with Crippen LogP contribution in [0.1, 0.15) is 40.0 Å². The Labute approximate surface area is 180 Å². The number of ether oxygens (including phenoxy) is 1. The van der Waals surface area contributed by atoms with E-state index in [4.69, 9.17) is 9.72 Å². The largest absolute Gasteiger partial charge is 0.478 e. The monoisotopic (exact) mass is 416 g/mol. The van der Waals surface area contributed by atoms with Gasteiger partial charge in [0.15, 0.2) is 0 Å². The van der Waals surface area contributed by atoms with E-state index in [9.17, 15) is 15.2 Å². The SMILES string of the molecule is Cc1cc([C@@H](C)Nc2ccccc2C(=O)O)c2nc(N3CCOCC3)cc(C#N)c2c1. The van der Waals surface area contributed by atoms with Gasteiger partial charge < -0.3 is 20.1 Å². The van der Waals surface area contributed by atoms with Gasteiger partial charge in [0.25, 0.3) is 0 Å². The average Bonchev–Trinajstić information content (AvgIpc) is 2.78. The maximum absolute atomic E-state index is 11.6. The molecule has 3 aromatic rings. The number of para-hydroxylation sites is 1. The van der Waals surface area contributed by atoms with Gasteiger partial charge in [-0.15, -0.1) is 0 Å². The second kappa shape index (κ2) is 8.62. The van der Waals surface area contributed by atoms with Gasteiger partial charge in [0.05, 0.1) is 42.0 Å². The number of rotatable bonds is 5. The Hall–Kier alpha value is -3.63. The van der Waals surface area contributed by atoms with Gasteiger partial charge in [-0.05, 0) is 43.7 Å². The molecule has 2 N–H and O–H groups in total. The number of fused-ring (bicyclic) bond motifs is 1. The standard InChI is InChI=1S/C24H24N4O3/c1-15-11-19(16(2)26-21-6-4-3-5-18(21)24(29)30)23-20(12-15)17(14-25)13-22(27-23)28-7-9-31-10-8-28/h3-6,11-13,16,26H,7-10H2,1-2H3,(H,29,30)/t16-/m1/s1. The summed E-state index contributed by atoms with van der Waals surface area (Å²) < 4.78 is 5.45. The number of nitrogens with zero attached hydrogens (tertiary/aromatic N) is 3. The highest BCUT2D eigenvalue weighted by Gasteiger charge is 2.20. The minimum absolute atomic E-state index is 0.214. The summed E-state index contributed by atoms with van der Waals surface area (Å²) in [5, 5.41) is 23.4. The van der Waals surface area contributed by atoms with E-state index in [1.807, 2.05) is 32.0 Å². The summed E-state index contributed by atoms with van der Waals surface area (Å²) >= 11 is 0. The number of carbonyl (C=O) groups is 1. The summed E-state index contributed by atoms with van der Waals surface area (Å²) in [5.41, 5.74) is 4.02. The maximum atomic E-state index is 11.6. The van der Waals surface area contributed by atoms with Crippen LogP contribution < -0.4 is 10.2 Å². The quantitative estimate of drug-likeness (QED) is 0.645. The van der Waals surface area contributed by atoms with E-state index in [1.165, 1.54) is 0 Å². The van der Waals surface area contributed by atoms with Gasteiger partial charge >= 0.3 is 5.97 Å². The number of aryl methyl sites for hydroxylation is 1. The van der Waals surface area contributed by atoms with Gasteiger partial charge in [0, 0.05) is 29.7 Å². The number of hydrogen-bond donors (Lipinski definition) is 2. The normalized spacial score (nSPS) is 14.8. The van der Waals surface area contributed by atoms with Crippen molar-refractivity contribution in [1.29, 1.82) is 5.26 Å². The first-order valence-electron chi connectivity index (χ1n) is 10.2. The molecular weight excluding hydrogens is 392 g/mol. The Kier molecular flexibility index (Phi) is 5.74. The molecule has 0 amide bonds. The van der Waals surface area contributed by atoms with Crippen molar-refractivity contribution >= 4 is 28.4 Å². The molecular formula is C24H24N4O3. The van der Waals surface area contributed by atoms with Crippen molar-refractivity contribution in [3.63, 3.8) is 0 Å². The third-order valence-electron chi connectivity index (χ3n) is 5.53. The third kappa shape index (κ3) is 4.16. The molecule has 0 unspecified atom stereocenters. The van der Waals surface area contributed by atoms with Gasteiger partial charge in [-0.2, -0.15) is 5.26 Å². The first kappa shape index (κ1) is 20.6. The number of nitrogens with one attached hydrogen (secondary N) is 1. The number of morpholine rings is 1. The van der Waals surface area contributed by atoms with E-state index in [-0.39, 0.29) is 11.6 Å². The zero-order valence-corrected chi connectivity index (χ0v) is 17.6. The second-order valence-electron chi connectivity index (χ2n) is 7.71. The van der Waals surface area contributed by atoms with Crippen LogP contribution in [0.25, 0.3) is 10.9 Å². The lowest BCUT2D eigenvalue weighted by atomic mass is 9.97. The molecule has 0 spiro atoms. The molecule has 7 nitrogen and oxygen atoms in total. The van der Waals surface area contributed by atoms with E-state index in [0.717, 1.165) is 40.9 Å². The van der Waals surface area contributed by atoms with Crippen molar-refractivity contribution in [2.45, 2.75) is 19.9 Å². The molecule has 1 fully saturated rings. The molecule has 1 saturated heterocycles. The molecule has 1 aliphatic rings. The Morgan fingerprint density at radius 3 is 2.71 bits per heavy atom. The zero-order chi connectivity index (χ0) is 22.0. The molecule has 31 heavy (non-hydrogen) atoms. The number of aromatic carboxylic acids is 1. The fourth-order valence-corrected chi connectivity index (χ4v) is 3.97. The molecule has 1 aliphatic heterocycles. The highest BCUT2D eigenvalue weighted by molar-refractivity contribution is 5.94. The van der Waals surface area contributed by atoms with Crippen LogP contribution in [-0.2, 0) is 4.74 Å². The van der Waals surface area contributed by atoms with Crippen LogP contribution in [0.4, 0.5) is 11.5 Å². The first-order valence-corrected chi connectivity index (χ1v) is 10.2. The summed E-state index contributed by atoms with van der Waals surface area (Å²) in [6.07, 6.45) is 0. The van der Waals surface area contributed by atoms with Crippen LogP contribution in [0.15, 0.2) is 42.5 Å². The Morgan fingerprint density at radius 2 is 2.00 bits per heavy atom. The lowest BCUT2D eigenvalue weighted by Crippen LogP contribution is -2.36. The smallest absolute Gasteiger partial charge is 0.337 e. The lowest BCUT2D eigenvalue weighted by Gasteiger charge is -2.28. The predicted octanol–water partition coefficient (Wildman–Crippen LogP) is 4.12. The van der Waals surface area contributed by atoms with Crippen LogP contribution in [0.2, 0.25) is 0 Å². The number of nitriles is 1. The van der Waals surface area contributed by atoms with Crippen molar-refractivity contribution in [1.82, 2.24) is 4.98 Å². The molecule has 2 aromatic carbocycles. The van der Waals surface area contributed by atoms with E-state index >= 15 is 0 Å². The van der Waals surface area contributed by atoms with Gasteiger partial charge in [0.1, 0.15) is 5.82 Å². The number of benzene rings is 2. The molecule has 2 heterocycles. The van der Waals surface area contributed by atoms with Crippen LogP contribution >= 0.6 is 0 Å². The summed E-state index contributed by atoms with van der Waals surface area (Å²) in [6.45, 7) is 6.67. The van der Waals surface area contributed by atoms with Gasteiger partial charge in [-0.1, -0.05) is 18.2 Å². The molecule has 4 rings (SSSR count). The van der Waals surface area contributed by atoms with Crippen molar-refractivity contribution in [2.75, 3.05) is 36.5 Å². The molecule has 0 aliphatic carbocycles. The summed E-state index contributed by atoms with van der Waals surface area (Å²) in [5.74, 6) is -0.223. The average molecular weight is 416 g/mol. The van der Waals surface area contributed by atoms with Crippen LogP contribution in [0.3, 0.4) is 0 Å². The minimum atomic E-state index is -0.983. The fourth-order valence-electron chi connectivity index (χ4n) is 3.97. The molecule has 0 radical (unpaired) electrons. The first-order chi connectivity index (χ1) is 15.0. The summed E-state index contributed by atoms with van der Waals surface area (Å²) in [7, 11) is 0. The number of pyridine rings is 1. The van der Waals surface area contributed by atoms with Crippen LogP contribution in [0.5, 0.6) is 0 Å². The molecule has 1 atom stereocenters. The van der Waals surface area contributed by atoms with E-state index < -0.39 is 5.97 Å². The molecule has 0 bridgehead atoms. The number of hydrogen-bond acceptors (Lipinski definition) is 6. The third-order valence-corrected chi connectivity index (χ3v) is 5.53. The van der Waals surface area contributed by atoms with Gasteiger partial charge in [-0.3, -0.25) is 0 Å². The number of aromatic nitrogens is 1. The molecule has 1 aromatic heterocycles. The Balaban J connectivity index is 1.81. The van der Waals surface area contributed by atoms with E-state index in [2.05, 4.69) is 16.3 Å². The zero-order valence-electron chi connectivity index (χ0n) is 17.6. The fraction of sp³-hybridized carbons (Fsp3) is 0.292. The Bertz CT molecular complexity index is 1180. The van der Waals surface area contributed by atoms with Crippen molar-refractivity contribution in [3.8, 4) is 6.07 Å². The summed E-state index contributed by atoms with van der Waals surface area (Å²) in [4.78, 5) is 18.7. The highest BCUT2D eigenvalue weighted by atomic mass is 16.5. The number of anilines is 2. The molecule has 7 heteroatoms. The highest BCUT2D eigenvalue weighted by Crippen LogP contribution is 2.32. The minimum Gasteiger partial charge on any atom is -0.478 e. The van der Waals surface area contributed by atoms with E-state index in [0.29, 0.717) is 24.5 Å². The van der Waals surface area contributed by atoms with Crippen molar-refractivity contribution in [3.05, 3.63) is 64.7 Å². The van der Waals surface area contributed by atoms with Gasteiger partial charge in [0.2, 0.25) is 0 Å². The maximum Gasteiger partial charge on any atom is 0.337 e. The Morgan fingerprint density at radius 1 is 1.26 bits per heavy atom. The topological polar surface area (TPSA) is 98.5 Å². The van der Waals surface area contributed by atoms with Crippen molar-refractivity contribution in [2.24, 2.45) is 0 Å². The van der Waals surface area contributed by atoms with E-state index in [1.54, 1.807) is 24.3 Å². The second-order valence-corrected chi connectivity index (χ2v) is 7.71.